The number of halogens is 1. The van der Waals surface area contributed by atoms with E-state index in [-0.39, 0.29) is 6.04 Å². The molecular weight excluding hydrogens is 256 g/mol. The van der Waals surface area contributed by atoms with Crippen LogP contribution in [0.3, 0.4) is 0 Å². The van der Waals surface area contributed by atoms with E-state index in [0.717, 1.165) is 23.1 Å². The van der Waals surface area contributed by atoms with Crippen LogP contribution in [0.2, 0.25) is 4.34 Å². The summed E-state index contributed by atoms with van der Waals surface area (Å²) in [5.41, 5.74) is 0. The lowest BCUT2D eigenvalue weighted by Crippen LogP contribution is -2.25. The van der Waals surface area contributed by atoms with Gasteiger partial charge in [0.05, 0.1) is 4.34 Å². The molecule has 2 heterocycles. The molecule has 1 N–H and O–H groups in total. The molecule has 6 heteroatoms. The fraction of sp³-hybridized carbons (Fsp3) is 0.455. The van der Waals surface area contributed by atoms with Gasteiger partial charge in [-0.25, -0.2) is 4.98 Å². The predicted octanol–water partition coefficient (Wildman–Crippen LogP) is 2.62. The first-order chi connectivity index (χ1) is 8.22. The second-order valence-electron chi connectivity index (χ2n) is 3.77. The highest BCUT2D eigenvalue weighted by Crippen LogP contribution is 2.29. The van der Waals surface area contributed by atoms with Gasteiger partial charge in [-0.1, -0.05) is 18.5 Å². The number of rotatable bonds is 5. The van der Waals surface area contributed by atoms with Crippen molar-refractivity contribution in [1.82, 2.24) is 20.1 Å². The summed E-state index contributed by atoms with van der Waals surface area (Å²) in [6.45, 7) is 3.08. The summed E-state index contributed by atoms with van der Waals surface area (Å²) in [5.74, 6) is 0.914. The summed E-state index contributed by atoms with van der Waals surface area (Å²) in [6.07, 6.45) is 2.65. The van der Waals surface area contributed by atoms with Crippen molar-refractivity contribution in [1.29, 1.82) is 0 Å². The minimum Gasteiger partial charge on any atom is -0.303 e. The van der Waals surface area contributed by atoms with E-state index < -0.39 is 0 Å². The van der Waals surface area contributed by atoms with Crippen LogP contribution in [0.5, 0.6) is 0 Å². The second-order valence-corrected chi connectivity index (χ2v) is 5.52. The number of nitrogens with zero attached hydrogens (tertiary/aromatic N) is 3. The molecule has 2 rings (SSSR count). The highest BCUT2D eigenvalue weighted by atomic mass is 35.5. The summed E-state index contributed by atoms with van der Waals surface area (Å²) in [6, 6.07) is 4.02. The van der Waals surface area contributed by atoms with Gasteiger partial charge in [0.25, 0.3) is 0 Å². The summed E-state index contributed by atoms with van der Waals surface area (Å²) in [7, 11) is 1.90. The summed E-state index contributed by atoms with van der Waals surface area (Å²) >= 11 is 7.56. The van der Waals surface area contributed by atoms with Crippen LogP contribution in [0.25, 0.3) is 0 Å². The van der Waals surface area contributed by atoms with Crippen LogP contribution < -0.4 is 5.32 Å². The zero-order chi connectivity index (χ0) is 12.3. The van der Waals surface area contributed by atoms with Crippen molar-refractivity contribution >= 4 is 22.9 Å². The fourth-order valence-corrected chi connectivity index (χ4v) is 2.79. The zero-order valence-corrected chi connectivity index (χ0v) is 11.4. The number of nitrogens with one attached hydrogen (secondary N) is 1. The standard InChI is InChI=1S/C11H15ClN4S/c1-3-6-13-10(8-4-5-9(12)17-8)11-14-7-15-16(11)2/h4-5,7,10,13H,3,6H2,1-2H3. The Morgan fingerprint density at radius 2 is 2.35 bits per heavy atom. The van der Waals surface area contributed by atoms with E-state index in [2.05, 4.69) is 22.3 Å². The third kappa shape index (κ3) is 2.86. The molecule has 1 unspecified atom stereocenters. The maximum Gasteiger partial charge on any atom is 0.149 e. The first-order valence-corrected chi connectivity index (χ1v) is 6.74. The van der Waals surface area contributed by atoms with E-state index >= 15 is 0 Å². The van der Waals surface area contributed by atoms with Gasteiger partial charge in [0.1, 0.15) is 18.2 Å². The number of aromatic nitrogens is 3. The fourth-order valence-electron chi connectivity index (χ4n) is 1.66. The number of thiophene rings is 1. The molecular formula is C11H15ClN4S. The first-order valence-electron chi connectivity index (χ1n) is 5.55. The number of hydrogen-bond acceptors (Lipinski definition) is 4. The van der Waals surface area contributed by atoms with E-state index in [4.69, 9.17) is 11.6 Å². The van der Waals surface area contributed by atoms with E-state index in [9.17, 15) is 0 Å². The molecule has 0 fully saturated rings. The van der Waals surface area contributed by atoms with Crippen molar-refractivity contribution in [2.45, 2.75) is 19.4 Å². The Morgan fingerprint density at radius 1 is 1.53 bits per heavy atom. The van der Waals surface area contributed by atoms with E-state index in [1.54, 1.807) is 22.3 Å². The Bertz CT molecular complexity index is 479. The third-order valence-corrected chi connectivity index (χ3v) is 3.78. The van der Waals surface area contributed by atoms with Gasteiger partial charge < -0.3 is 5.32 Å². The van der Waals surface area contributed by atoms with Crippen LogP contribution in [-0.2, 0) is 7.05 Å². The Morgan fingerprint density at radius 3 is 2.88 bits per heavy atom. The molecule has 0 aliphatic carbocycles. The molecule has 0 radical (unpaired) electrons. The first kappa shape index (κ1) is 12.5. The lowest BCUT2D eigenvalue weighted by atomic mass is 10.2. The van der Waals surface area contributed by atoms with Gasteiger partial charge in [-0.3, -0.25) is 4.68 Å². The van der Waals surface area contributed by atoms with Crippen molar-refractivity contribution in [3.8, 4) is 0 Å². The third-order valence-electron chi connectivity index (χ3n) is 2.48. The molecule has 0 aromatic carbocycles. The van der Waals surface area contributed by atoms with Crippen molar-refractivity contribution in [2.24, 2.45) is 7.05 Å². The van der Waals surface area contributed by atoms with Gasteiger partial charge in [-0.15, -0.1) is 11.3 Å². The number of hydrogen-bond donors (Lipinski definition) is 1. The largest absolute Gasteiger partial charge is 0.303 e. The molecule has 2 aromatic heterocycles. The average molecular weight is 271 g/mol. The summed E-state index contributed by atoms with van der Waals surface area (Å²) in [5, 5.41) is 7.59. The molecule has 0 aliphatic rings. The van der Waals surface area contributed by atoms with Gasteiger partial charge >= 0.3 is 0 Å². The highest BCUT2D eigenvalue weighted by Gasteiger charge is 2.19. The van der Waals surface area contributed by atoms with Gasteiger partial charge in [0.2, 0.25) is 0 Å². The molecule has 92 valence electrons. The van der Waals surface area contributed by atoms with E-state index in [1.807, 2.05) is 19.2 Å². The van der Waals surface area contributed by atoms with Gasteiger partial charge in [-0.05, 0) is 25.1 Å². The van der Waals surface area contributed by atoms with Crippen LogP contribution in [0.1, 0.15) is 30.1 Å². The maximum absolute atomic E-state index is 5.99. The minimum absolute atomic E-state index is 0.0694. The normalized spacial score (nSPS) is 12.9. The van der Waals surface area contributed by atoms with Crippen molar-refractivity contribution in [3.05, 3.63) is 33.5 Å². The monoisotopic (exact) mass is 270 g/mol. The average Bonchev–Trinajstić information content (AvgIpc) is 2.90. The Labute approximate surface area is 110 Å². The molecule has 0 spiro atoms. The lowest BCUT2D eigenvalue weighted by Gasteiger charge is -2.15. The van der Waals surface area contributed by atoms with E-state index in [0.29, 0.717) is 0 Å². The molecule has 2 aromatic rings. The molecule has 1 atom stereocenters. The SMILES string of the molecule is CCCNC(c1ccc(Cl)s1)c1ncnn1C. The predicted molar refractivity (Wildman–Crippen MR) is 70.5 cm³/mol. The van der Waals surface area contributed by atoms with Crippen molar-refractivity contribution < 1.29 is 0 Å². The molecule has 0 aliphatic heterocycles. The molecule has 0 amide bonds. The molecule has 4 nitrogen and oxygen atoms in total. The number of aryl methyl sites for hydroxylation is 1. The molecule has 0 saturated heterocycles. The van der Waals surface area contributed by atoms with Gasteiger partial charge in [0, 0.05) is 11.9 Å². The quantitative estimate of drug-likeness (QED) is 0.908. The topological polar surface area (TPSA) is 42.7 Å². The molecule has 0 saturated carbocycles. The maximum atomic E-state index is 5.99. The van der Waals surface area contributed by atoms with E-state index in [1.165, 1.54) is 4.88 Å². The minimum atomic E-state index is 0.0694. The van der Waals surface area contributed by atoms with Crippen LogP contribution >= 0.6 is 22.9 Å². The zero-order valence-electron chi connectivity index (χ0n) is 9.85. The second kappa shape index (κ2) is 5.62. The Balaban J connectivity index is 2.28. The summed E-state index contributed by atoms with van der Waals surface area (Å²) < 4.78 is 2.59. The molecule has 0 bridgehead atoms. The van der Waals surface area contributed by atoms with Crippen LogP contribution in [0.15, 0.2) is 18.5 Å². The summed E-state index contributed by atoms with van der Waals surface area (Å²) in [4.78, 5) is 5.47. The smallest absolute Gasteiger partial charge is 0.149 e. The van der Waals surface area contributed by atoms with Gasteiger partial charge in [-0.2, -0.15) is 5.10 Å². The Hall–Kier alpha value is -0.910. The van der Waals surface area contributed by atoms with Crippen LogP contribution in [0, 0.1) is 0 Å². The van der Waals surface area contributed by atoms with Crippen LogP contribution in [-0.4, -0.2) is 21.3 Å². The van der Waals surface area contributed by atoms with Crippen molar-refractivity contribution in [2.75, 3.05) is 6.54 Å². The van der Waals surface area contributed by atoms with Crippen molar-refractivity contribution in [3.63, 3.8) is 0 Å². The lowest BCUT2D eigenvalue weighted by molar-refractivity contribution is 0.548. The molecule has 17 heavy (non-hydrogen) atoms. The Kier molecular flexibility index (Phi) is 4.15. The highest BCUT2D eigenvalue weighted by molar-refractivity contribution is 7.16. The van der Waals surface area contributed by atoms with Gasteiger partial charge in [0.15, 0.2) is 0 Å². The van der Waals surface area contributed by atoms with Crippen LogP contribution in [0.4, 0.5) is 0 Å².